The predicted octanol–water partition coefficient (Wildman–Crippen LogP) is 3.45. The SMILES string of the molecule is CCCCCCCCCCCc1ncc(C2N=C(N)N=C(N)N2CC)[nH]1. The van der Waals surface area contributed by atoms with Gasteiger partial charge in [-0.1, -0.05) is 58.3 Å². The molecule has 1 atom stereocenters. The summed E-state index contributed by atoms with van der Waals surface area (Å²) in [5, 5.41) is 0. The Morgan fingerprint density at radius 1 is 1.00 bits per heavy atom. The van der Waals surface area contributed by atoms with E-state index in [2.05, 4.69) is 26.9 Å². The maximum absolute atomic E-state index is 5.96. The zero-order chi connectivity index (χ0) is 18.8. The molecule has 1 unspecified atom stereocenters. The van der Waals surface area contributed by atoms with E-state index < -0.39 is 0 Å². The van der Waals surface area contributed by atoms with Crippen molar-refractivity contribution in [1.29, 1.82) is 0 Å². The molecule has 7 nitrogen and oxygen atoms in total. The van der Waals surface area contributed by atoms with E-state index in [1.807, 2.05) is 18.0 Å². The first-order chi connectivity index (χ1) is 12.7. The number of rotatable bonds is 12. The third-order valence-corrected chi connectivity index (χ3v) is 4.86. The van der Waals surface area contributed by atoms with Crippen LogP contribution in [0.5, 0.6) is 0 Å². The molecule has 2 heterocycles. The molecule has 0 bridgehead atoms. The Morgan fingerprint density at radius 2 is 1.65 bits per heavy atom. The van der Waals surface area contributed by atoms with Gasteiger partial charge in [-0.05, 0) is 13.3 Å². The summed E-state index contributed by atoms with van der Waals surface area (Å²) in [4.78, 5) is 18.2. The standard InChI is InChI=1S/C19H35N7/c1-3-5-6-7-8-9-10-11-12-13-16-22-14-15(23-16)17-24-18(20)25-19(21)26(17)4-2/h14,17H,3-13H2,1-2H3,(H,22,23)(H4,20,21,24,25). The summed E-state index contributed by atoms with van der Waals surface area (Å²) in [5.74, 6) is 1.63. The molecule has 1 aliphatic rings. The first-order valence-electron chi connectivity index (χ1n) is 10.1. The number of nitrogens with zero attached hydrogens (tertiary/aromatic N) is 4. The molecular formula is C19H35N7. The molecule has 1 aromatic heterocycles. The lowest BCUT2D eigenvalue weighted by molar-refractivity contribution is 0.326. The molecule has 0 saturated heterocycles. The molecule has 7 heteroatoms. The van der Waals surface area contributed by atoms with Crippen LogP contribution in [0.3, 0.4) is 0 Å². The molecule has 5 N–H and O–H groups in total. The predicted molar refractivity (Wildman–Crippen MR) is 108 cm³/mol. The van der Waals surface area contributed by atoms with Gasteiger partial charge in [-0.25, -0.2) is 9.98 Å². The molecule has 0 saturated carbocycles. The number of imidazole rings is 1. The fourth-order valence-corrected chi connectivity index (χ4v) is 3.34. The van der Waals surface area contributed by atoms with Crippen molar-refractivity contribution in [3.63, 3.8) is 0 Å². The molecule has 1 aliphatic heterocycles. The highest BCUT2D eigenvalue weighted by Crippen LogP contribution is 2.23. The zero-order valence-corrected chi connectivity index (χ0v) is 16.4. The Hall–Kier alpha value is -2.05. The summed E-state index contributed by atoms with van der Waals surface area (Å²) in [7, 11) is 0. The summed E-state index contributed by atoms with van der Waals surface area (Å²) < 4.78 is 0. The Kier molecular flexibility index (Phi) is 8.44. The largest absolute Gasteiger partial charge is 0.369 e. The molecule has 0 amide bonds. The Labute approximate surface area is 157 Å². The summed E-state index contributed by atoms with van der Waals surface area (Å²) in [6.45, 7) is 4.99. The van der Waals surface area contributed by atoms with Crippen LogP contribution in [0.1, 0.15) is 89.3 Å². The van der Waals surface area contributed by atoms with E-state index >= 15 is 0 Å². The topological polar surface area (TPSA) is 109 Å². The van der Waals surface area contributed by atoms with Gasteiger partial charge in [0.15, 0.2) is 6.17 Å². The second kappa shape index (κ2) is 10.8. The summed E-state index contributed by atoms with van der Waals surface area (Å²) in [6, 6.07) is 0. The quantitative estimate of drug-likeness (QED) is 0.495. The fourth-order valence-electron chi connectivity index (χ4n) is 3.34. The van der Waals surface area contributed by atoms with Crippen LogP contribution in [0.15, 0.2) is 16.2 Å². The second-order valence-electron chi connectivity index (χ2n) is 6.98. The summed E-state index contributed by atoms with van der Waals surface area (Å²) in [6.07, 6.45) is 14.5. The highest BCUT2D eigenvalue weighted by molar-refractivity contribution is 5.95. The number of nitrogens with two attached hydrogens (primary N) is 2. The van der Waals surface area contributed by atoms with Gasteiger partial charge in [0.2, 0.25) is 11.9 Å². The van der Waals surface area contributed by atoms with Crippen molar-refractivity contribution in [2.45, 2.75) is 84.2 Å². The average molecular weight is 362 g/mol. The van der Waals surface area contributed by atoms with E-state index in [0.717, 1.165) is 17.9 Å². The Balaban J connectivity index is 1.72. The van der Waals surface area contributed by atoms with Crippen LogP contribution >= 0.6 is 0 Å². The second-order valence-corrected chi connectivity index (χ2v) is 6.98. The van der Waals surface area contributed by atoms with Gasteiger partial charge in [-0.2, -0.15) is 4.99 Å². The van der Waals surface area contributed by atoms with E-state index in [9.17, 15) is 0 Å². The van der Waals surface area contributed by atoms with Gasteiger partial charge in [-0.3, -0.25) is 0 Å². The molecule has 0 fully saturated rings. The van der Waals surface area contributed by atoms with Crippen LogP contribution in [0.2, 0.25) is 0 Å². The van der Waals surface area contributed by atoms with Crippen molar-refractivity contribution in [2.24, 2.45) is 21.5 Å². The molecule has 0 aromatic carbocycles. The molecule has 0 radical (unpaired) electrons. The maximum Gasteiger partial charge on any atom is 0.221 e. The smallest absolute Gasteiger partial charge is 0.221 e. The number of aromatic amines is 1. The highest BCUT2D eigenvalue weighted by atomic mass is 15.4. The third-order valence-electron chi connectivity index (χ3n) is 4.86. The lowest BCUT2D eigenvalue weighted by Crippen LogP contribution is -2.44. The minimum absolute atomic E-state index is 0.215. The van der Waals surface area contributed by atoms with Crippen molar-refractivity contribution in [1.82, 2.24) is 14.9 Å². The normalized spacial score (nSPS) is 17.3. The number of unbranched alkanes of at least 4 members (excludes halogenated alkanes) is 8. The van der Waals surface area contributed by atoms with Gasteiger partial charge in [-0.15, -0.1) is 0 Å². The molecule has 0 aliphatic carbocycles. The van der Waals surface area contributed by atoms with Crippen LogP contribution in [0.25, 0.3) is 0 Å². The number of aryl methyl sites for hydroxylation is 1. The van der Waals surface area contributed by atoms with Gasteiger partial charge < -0.3 is 21.4 Å². The molecule has 0 spiro atoms. The first-order valence-corrected chi connectivity index (χ1v) is 10.1. The van der Waals surface area contributed by atoms with Gasteiger partial charge >= 0.3 is 0 Å². The molecule has 146 valence electrons. The van der Waals surface area contributed by atoms with Crippen molar-refractivity contribution >= 4 is 11.9 Å². The lowest BCUT2D eigenvalue weighted by atomic mass is 10.1. The number of aliphatic imine (C=N–C) groups is 2. The summed E-state index contributed by atoms with van der Waals surface area (Å²) in [5.41, 5.74) is 12.6. The van der Waals surface area contributed by atoms with E-state index in [0.29, 0.717) is 12.5 Å². The van der Waals surface area contributed by atoms with Crippen molar-refractivity contribution in [3.05, 3.63) is 17.7 Å². The number of hydrogen-bond acceptors (Lipinski definition) is 6. The van der Waals surface area contributed by atoms with Crippen molar-refractivity contribution < 1.29 is 0 Å². The lowest BCUT2D eigenvalue weighted by Gasteiger charge is -2.30. The van der Waals surface area contributed by atoms with Crippen LogP contribution < -0.4 is 11.5 Å². The monoisotopic (exact) mass is 361 g/mol. The van der Waals surface area contributed by atoms with Gasteiger partial charge in [0.25, 0.3) is 0 Å². The van der Waals surface area contributed by atoms with E-state index in [4.69, 9.17) is 11.5 Å². The Bertz CT molecular complexity index is 590. The first kappa shape index (κ1) is 20.3. The van der Waals surface area contributed by atoms with E-state index in [1.165, 1.54) is 57.8 Å². The van der Waals surface area contributed by atoms with Gasteiger partial charge in [0.05, 0.1) is 11.9 Å². The van der Waals surface area contributed by atoms with Crippen LogP contribution in [0.4, 0.5) is 0 Å². The number of hydrogen-bond donors (Lipinski definition) is 3. The Morgan fingerprint density at radius 3 is 2.31 bits per heavy atom. The van der Waals surface area contributed by atoms with E-state index in [1.54, 1.807) is 0 Å². The van der Waals surface area contributed by atoms with E-state index in [-0.39, 0.29) is 12.1 Å². The maximum atomic E-state index is 5.96. The molecular weight excluding hydrogens is 326 g/mol. The van der Waals surface area contributed by atoms with Crippen LogP contribution in [-0.2, 0) is 6.42 Å². The van der Waals surface area contributed by atoms with Crippen LogP contribution in [-0.4, -0.2) is 33.3 Å². The summed E-state index contributed by atoms with van der Waals surface area (Å²) >= 11 is 0. The number of nitrogens with one attached hydrogen (secondary N) is 1. The molecule has 2 rings (SSSR count). The number of aromatic nitrogens is 2. The fraction of sp³-hybridized carbons (Fsp3) is 0.737. The van der Waals surface area contributed by atoms with Crippen molar-refractivity contribution in [2.75, 3.05) is 6.54 Å². The number of H-pyrrole nitrogens is 1. The zero-order valence-electron chi connectivity index (χ0n) is 16.4. The third kappa shape index (κ3) is 6.04. The molecule has 1 aromatic rings. The minimum atomic E-state index is -0.262. The average Bonchev–Trinajstić information content (AvgIpc) is 3.08. The van der Waals surface area contributed by atoms with Crippen LogP contribution in [0, 0.1) is 0 Å². The minimum Gasteiger partial charge on any atom is -0.369 e. The van der Waals surface area contributed by atoms with Gasteiger partial charge in [0.1, 0.15) is 5.82 Å². The highest BCUT2D eigenvalue weighted by Gasteiger charge is 2.26. The van der Waals surface area contributed by atoms with Crippen molar-refractivity contribution in [3.8, 4) is 0 Å². The number of guanidine groups is 2. The molecule has 26 heavy (non-hydrogen) atoms. The van der Waals surface area contributed by atoms with Gasteiger partial charge in [0, 0.05) is 13.0 Å².